The second kappa shape index (κ2) is 6.75. The van der Waals surface area contributed by atoms with Gasteiger partial charge in [-0.2, -0.15) is 0 Å². The van der Waals surface area contributed by atoms with Crippen LogP contribution in [0, 0.1) is 0 Å². The summed E-state index contributed by atoms with van der Waals surface area (Å²) in [6, 6.07) is 20.8. The van der Waals surface area contributed by atoms with E-state index in [1.54, 1.807) is 0 Å². The van der Waals surface area contributed by atoms with E-state index in [0.717, 1.165) is 18.7 Å². The van der Waals surface area contributed by atoms with Crippen LogP contribution in [0.15, 0.2) is 65.7 Å². The third-order valence-corrected chi connectivity index (χ3v) is 2.88. The van der Waals surface area contributed by atoms with E-state index in [1.165, 1.54) is 17.5 Å². The Hall–Kier alpha value is -1.89. The monoisotopic (exact) mass is 237 g/mol. The maximum absolute atomic E-state index is 4.77. The lowest BCUT2D eigenvalue weighted by molar-refractivity contribution is 0.808. The molecule has 0 unspecified atom stereocenters. The first-order valence-electron chi connectivity index (χ1n) is 6.57. The van der Waals surface area contributed by atoms with E-state index in [9.17, 15) is 0 Å². The molecule has 0 N–H and O–H groups in total. The fraction of sp³-hybridized carbons (Fsp3) is 0.235. The summed E-state index contributed by atoms with van der Waals surface area (Å²) in [5, 5.41) is 0. The van der Waals surface area contributed by atoms with E-state index in [-0.39, 0.29) is 0 Å². The van der Waals surface area contributed by atoms with Crippen molar-refractivity contribution in [3.63, 3.8) is 0 Å². The predicted octanol–water partition coefficient (Wildman–Crippen LogP) is 4.32. The molecule has 0 aliphatic carbocycles. The van der Waals surface area contributed by atoms with Gasteiger partial charge in [-0.3, -0.25) is 4.99 Å². The van der Waals surface area contributed by atoms with Crippen molar-refractivity contribution in [3.8, 4) is 0 Å². The Morgan fingerprint density at radius 2 is 1.33 bits per heavy atom. The summed E-state index contributed by atoms with van der Waals surface area (Å²) in [4.78, 5) is 4.77. The fourth-order valence-electron chi connectivity index (χ4n) is 1.89. The molecular formula is C17H19N. The highest BCUT2D eigenvalue weighted by molar-refractivity contribution is 6.12. The van der Waals surface area contributed by atoms with Gasteiger partial charge in [0.25, 0.3) is 0 Å². The molecule has 2 aromatic carbocycles. The zero-order valence-corrected chi connectivity index (χ0v) is 10.8. The molecule has 0 amide bonds. The molecule has 0 aliphatic rings. The quantitative estimate of drug-likeness (QED) is 0.542. The summed E-state index contributed by atoms with van der Waals surface area (Å²) in [6.45, 7) is 3.09. The van der Waals surface area contributed by atoms with Crippen LogP contribution >= 0.6 is 0 Å². The molecule has 0 radical (unpaired) electrons. The van der Waals surface area contributed by atoms with Gasteiger partial charge in [-0.1, -0.05) is 74.0 Å². The normalized spacial score (nSPS) is 10.1. The van der Waals surface area contributed by atoms with Crippen molar-refractivity contribution in [2.24, 2.45) is 4.99 Å². The Labute approximate surface area is 109 Å². The molecule has 0 heterocycles. The summed E-state index contributed by atoms with van der Waals surface area (Å²) >= 11 is 0. The molecule has 1 nitrogen and oxygen atoms in total. The van der Waals surface area contributed by atoms with Gasteiger partial charge in [0.05, 0.1) is 5.71 Å². The molecule has 0 fully saturated rings. The van der Waals surface area contributed by atoms with E-state index >= 15 is 0 Å². The lowest BCUT2D eigenvalue weighted by atomic mass is 10.0. The lowest BCUT2D eigenvalue weighted by Gasteiger charge is -2.07. The Balaban J connectivity index is 2.33. The maximum Gasteiger partial charge on any atom is 0.0718 e. The molecular weight excluding hydrogens is 218 g/mol. The summed E-state index contributed by atoms with van der Waals surface area (Å²) in [6.07, 6.45) is 2.32. The van der Waals surface area contributed by atoms with Crippen molar-refractivity contribution in [2.45, 2.75) is 19.8 Å². The molecule has 2 aromatic rings. The van der Waals surface area contributed by atoms with E-state index in [4.69, 9.17) is 4.99 Å². The molecule has 92 valence electrons. The second-order valence-electron chi connectivity index (χ2n) is 4.32. The average molecular weight is 237 g/mol. The smallest absolute Gasteiger partial charge is 0.0718 e. The number of nitrogens with zero attached hydrogens (tertiary/aromatic N) is 1. The summed E-state index contributed by atoms with van der Waals surface area (Å²) < 4.78 is 0. The first kappa shape index (κ1) is 12.6. The Morgan fingerprint density at radius 1 is 0.833 bits per heavy atom. The summed E-state index contributed by atoms with van der Waals surface area (Å²) in [5.74, 6) is 0. The van der Waals surface area contributed by atoms with E-state index in [1.807, 2.05) is 12.1 Å². The number of hydrogen-bond donors (Lipinski definition) is 0. The molecule has 0 atom stereocenters. The van der Waals surface area contributed by atoms with Crippen LogP contribution in [-0.4, -0.2) is 12.3 Å². The second-order valence-corrected chi connectivity index (χ2v) is 4.32. The van der Waals surface area contributed by atoms with Crippen LogP contribution in [0.4, 0.5) is 0 Å². The average Bonchev–Trinajstić information content (AvgIpc) is 2.46. The standard InChI is InChI=1S/C17H19N/c1-2-3-14-18-17(15-10-6-4-7-11-15)16-12-8-5-9-13-16/h4-13H,2-3,14H2,1H3. The zero-order valence-electron chi connectivity index (χ0n) is 10.8. The first-order chi connectivity index (χ1) is 8.92. The molecule has 0 saturated heterocycles. The maximum atomic E-state index is 4.77. The Bertz CT molecular complexity index is 444. The minimum absolute atomic E-state index is 0.898. The topological polar surface area (TPSA) is 12.4 Å². The molecule has 1 heteroatoms. The number of benzene rings is 2. The first-order valence-corrected chi connectivity index (χ1v) is 6.57. The van der Waals surface area contributed by atoms with Crippen molar-refractivity contribution in [2.75, 3.05) is 6.54 Å². The van der Waals surface area contributed by atoms with Crippen LogP contribution < -0.4 is 0 Å². The summed E-state index contributed by atoms with van der Waals surface area (Å²) in [5.41, 5.74) is 3.49. The third kappa shape index (κ3) is 3.30. The SMILES string of the molecule is CCCCN=C(c1ccccc1)c1ccccc1. The van der Waals surface area contributed by atoms with Crippen LogP contribution in [0.2, 0.25) is 0 Å². The number of hydrogen-bond acceptors (Lipinski definition) is 1. The van der Waals surface area contributed by atoms with E-state index in [0.29, 0.717) is 0 Å². The van der Waals surface area contributed by atoms with Crippen molar-refractivity contribution in [1.82, 2.24) is 0 Å². The van der Waals surface area contributed by atoms with Crippen LogP contribution in [-0.2, 0) is 0 Å². The van der Waals surface area contributed by atoms with Crippen molar-refractivity contribution in [3.05, 3.63) is 71.8 Å². The largest absolute Gasteiger partial charge is 0.284 e. The van der Waals surface area contributed by atoms with Gasteiger partial charge in [0, 0.05) is 17.7 Å². The van der Waals surface area contributed by atoms with Crippen LogP contribution in [0.25, 0.3) is 0 Å². The van der Waals surface area contributed by atoms with E-state index in [2.05, 4.69) is 55.5 Å². The number of unbranched alkanes of at least 4 members (excludes halogenated alkanes) is 1. The molecule has 0 aromatic heterocycles. The predicted molar refractivity (Wildman–Crippen MR) is 78.3 cm³/mol. The van der Waals surface area contributed by atoms with Gasteiger partial charge in [0.1, 0.15) is 0 Å². The van der Waals surface area contributed by atoms with Crippen molar-refractivity contribution >= 4 is 5.71 Å². The Kier molecular flexibility index (Phi) is 4.71. The highest BCUT2D eigenvalue weighted by atomic mass is 14.7. The van der Waals surface area contributed by atoms with Crippen LogP contribution in [0.5, 0.6) is 0 Å². The highest BCUT2D eigenvalue weighted by Gasteiger charge is 2.04. The zero-order chi connectivity index (χ0) is 12.6. The molecule has 0 spiro atoms. The van der Waals surface area contributed by atoms with Crippen LogP contribution in [0.3, 0.4) is 0 Å². The molecule has 2 rings (SSSR count). The highest BCUT2D eigenvalue weighted by Crippen LogP contribution is 2.11. The van der Waals surface area contributed by atoms with Gasteiger partial charge in [-0.15, -0.1) is 0 Å². The van der Waals surface area contributed by atoms with Gasteiger partial charge >= 0.3 is 0 Å². The minimum atomic E-state index is 0.898. The molecule has 0 aliphatic heterocycles. The Morgan fingerprint density at radius 3 is 1.78 bits per heavy atom. The minimum Gasteiger partial charge on any atom is -0.284 e. The van der Waals surface area contributed by atoms with Gasteiger partial charge in [-0.05, 0) is 6.42 Å². The van der Waals surface area contributed by atoms with Gasteiger partial charge in [0.15, 0.2) is 0 Å². The fourth-order valence-corrected chi connectivity index (χ4v) is 1.89. The number of aliphatic imine (C=N–C) groups is 1. The molecule has 0 bridgehead atoms. The van der Waals surface area contributed by atoms with Gasteiger partial charge in [-0.25, -0.2) is 0 Å². The van der Waals surface area contributed by atoms with Gasteiger partial charge < -0.3 is 0 Å². The van der Waals surface area contributed by atoms with Crippen molar-refractivity contribution in [1.29, 1.82) is 0 Å². The molecule has 0 saturated carbocycles. The van der Waals surface area contributed by atoms with E-state index < -0.39 is 0 Å². The van der Waals surface area contributed by atoms with Crippen molar-refractivity contribution < 1.29 is 0 Å². The van der Waals surface area contributed by atoms with Crippen LogP contribution in [0.1, 0.15) is 30.9 Å². The van der Waals surface area contributed by atoms with Gasteiger partial charge in [0.2, 0.25) is 0 Å². The lowest BCUT2D eigenvalue weighted by Crippen LogP contribution is -2.04. The number of rotatable bonds is 5. The third-order valence-electron chi connectivity index (χ3n) is 2.88. The molecule has 18 heavy (non-hydrogen) atoms. The summed E-state index contributed by atoms with van der Waals surface area (Å²) in [7, 11) is 0.